The van der Waals surface area contributed by atoms with Gasteiger partial charge >= 0.3 is 6.18 Å². The smallest absolute Gasteiger partial charge is 0.368 e. The first-order valence-electron chi connectivity index (χ1n) is 11.7. The van der Waals surface area contributed by atoms with E-state index in [1.54, 1.807) is 6.20 Å². The number of aromatic nitrogens is 4. The molecule has 0 spiro atoms. The molecule has 2 fully saturated rings. The lowest BCUT2D eigenvalue weighted by Gasteiger charge is -2.33. The molecule has 0 radical (unpaired) electrons. The molecule has 3 aromatic rings. The molecule has 4 heterocycles. The summed E-state index contributed by atoms with van der Waals surface area (Å²) in [6.45, 7) is 3.86. The van der Waals surface area contributed by atoms with Gasteiger partial charge in [-0.05, 0) is 38.1 Å². The minimum atomic E-state index is -4.58. The number of piperazine rings is 1. The summed E-state index contributed by atoms with van der Waals surface area (Å²) in [5.74, 6) is 0.693. The molecule has 1 aliphatic heterocycles. The fourth-order valence-corrected chi connectivity index (χ4v) is 5.40. The molecule has 1 saturated carbocycles. The summed E-state index contributed by atoms with van der Waals surface area (Å²) >= 11 is 0.974. The fourth-order valence-electron chi connectivity index (χ4n) is 4.36. The molecule has 1 saturated heterocycles. The van der Waals surface area contributed by atoms with E-state index in [2.05, 4.69) is 47.4 Å². The molecular formula is C23H27F3N8S. The summed E-state index contributed by atoms with van der Waals surface area (Å²) in [6, 6.07) is 5.42. The normalized spacial score (nSPS) is 17.7. The second-order valence-corrected chi connectivity index (χ2v) is 9.90. The lowest BCUT2D eigenvalue weighted by atomic mass is 10.2. The molecule has 0 unspecified atom stereocenters. The second kappa shape index (κ2) is 9.94. The van der Waals surface area contributed by atoms with Gasteiger partial charge in [0.1, 0.15) is 5.82 Å². The van der Waals surface area contributed by atoms with Crippen LogP contribution < -0.4 is 15.5 Å². The fraction of sp³-hybridized carbons (Fsp3) is 0.478. The van der Waals surface area contributed by atoms with Crippen LogP contribution in [-0.2, 0) is 6.18 Å². The van der Waals surface area contributed by atoms with Crippen molar-refractivity contribution in [2.75, 3.05) is 48.8 Å². The van der Waals surface area contributed by atoms with Gasteiger partial charge in [-0.15, -0.1) is 0 Å². The summed E-state index contributed by atoms with van der Waals surface area (Å²) < 4.78 is 41.3. The molecule has 8 nitrogen and oxygen atoms in total. The highest BCUT2D eigenvalue weighted by Gasteiger charge is 2.38. The van der Waals surface area contributed by atoms with Crippen molar-refractivity contribution in [2.24, 2.45) is 0 Å². The van der Waals surface area contributed by atoms with Crippen molar-refractivity contribution >= 4 is 33.9 Å². The van der Waals surface area contributed by atoms with Gasteiger partial charge in [0.05, 0.1) is 22.5 Å². The zero-order chi connectivity index (χ0) is 24.4. The van der Waals surface area contributed by atoms with E-state index >= 15 is 0 Å². The van der Waals surface area contributed by atoms with E-state index in [-0.39, 0.29) is 27.7 Å². The Morgan fingerprint density at radius 2 is 1.77 bits per heavy atom. The number of hydrogen-bond acceptors (Lipinski definition) is 9. The Labute approximate surface area is 205 Å². The number of alkyl halides is 3. The molecule has 0 bridgehead atoms. The van der Waals surface area contributed by atoms with Crippen molar-refractivity contribution in [3.8, 4) is 10.6 Å². The molecule has 0 aromatic carbocycles. The summed E-state index contributed by atoms with van der Waals surface area (Å²) in [6.07, 6.45) is 2.68. The Balaban J connectivity index is 1.33. The third-order valence-electron chi connectivity index (χ3n) is 6.32. The Hall–Kier alpha value is -2.99. The Morgan fingerprint density at radius 1 is 1.00 bits per heavy atom. The van der Waals surface area contributed by atoms with E-state index < -0.39 is 11.9 Å². The minimum Gasteiger partial charge on any atom is -0.368 e. The lowest BCUT2D eigenvalue weighted by Crippen LogP contribution is -2.44. The SMILES string of the molecule is CN1CCN(c2ccc(Nc3nccc(-c4sc(NC5CCCC5)nc4C(F)(F)F)n3)nc2)CC1. The molecule has 5 rings (SSSR count). The molecule has 0 atom stereocenters. The number of nitrogens with zero attached hydrogens (tertiary/aromatic N) is 6. The van der Waals surface area contributed by atoms with Crippen LogP contribution in [0.4, 0.5) is 35.8 Å². The monoisotopic (exact) mass is 504 g/mol. The number of hydrogen-bond donors (Lipinski definition) is 2. The average Bonchev–Trinajstić information content (AvgIpc) is 3.51. The van der Waals surface area contributed by atoms with Gasteiger partial charge in [0.25, 0.3) is 0 Å². The largest absolute Gasteiger partial charge is 0.434 e. The quantitative estimate of drug-likeness (QED) is 0.493. The molecule has 0 amide bonds. The topological polar surface area (TPSA) is 82.1 Å². The van der Waals surface area contributed by atoms with Crippen LogP contribution in [0.5, 0.6) is 0 Å². The van der Waals surface area contributed by atoms with Crippen LogP contribution in [-0.4, -0.2) is 64.1 Å². The van der Waals surface area contributed by atoms with Gasteiger partial charge in [-0.1, -0.05) is 24.2 Å². The molecule has 35 heavy (non-hydrogen) atoms. The summed E-state index contributed by atoms with van der Waals surface area (Å²) in [5, 5.41) is 6.44. The highest BCUT2D eigenvalue weighted by molar-refractivity contribution is 7.19. The zero-order valence-electron chi connectivity index (χ0n) is 19.3. The number of rotatable bonds is 6. The predicted molar refractivity (Wildman–Crippen MR) is 131 cm³/mol. The van der Waals surface area contributed by atoms with Crippen molar-refractivity contribution < 1.29 is 13.2 Å². The van der Waals surface area contributed by atoms with E-state index in [4.69, 9.17) is 0 Å². The van der Waals surface area contributed by atoms with E-state index in [1.807, 2.05) is 12.1 Å². The lowest BCUT2D eigenvalue weighted by molar-refractivity contribution is -0.140. The number of nitrogens with one attached hydrogen (secondary N) is 2. The summed E-state index contributed by atoms with van der Waals surface area (Å²) in [4.78, 5) is 21.4. The van der Waals surface area contributed by atoms with Crippen LogP contribution in [0.15, 0.2) is 30.6 Å². The van der Waals surface area contributed by atoms with Crippen LogP contribution in [0, 0.1) is 0 Å². The van der Waals surface area contributed by atoms with Crippen LogP contribution in [0.2, 0.25) is 0 Å². The molecule has 2 N–H and O–H groups in total. The van der Waals surface area contributed by atoms with Crippen LogP contribution in [0.3, 0.4) is 0 Å². The highest BCUT2D eigenvalue weighted by atomic mass is 32.1. The first-order chi connectivity index (χ1) is 16.8. The first kappa shape index (κ1) is 23.7. The predicted octanol–water partition coefficient (Wildman–Crippen LogP) is 4.86. The highest BCUT2D eigenvalue weighted by Crippen LogP contribution is 2.42. The second-order valence-electron chi connectivity index (χ2n) is 8.90. The first-order valence-corrected chi connectivity index (χ1v) is 12.5. The maximum absolute atomic E-state index is 13.8. The molecule has 2 aliphatic rings. The van der Waals surface area contributed by atoms with Crippen LogP contribution in [0.1, 0.15) is 31.4 Å². The molecular weight excluding hydrogens is 477 g/mol. The molecule has 186 valence electrons. The van der Waals surface area contributed by atoms with Gasteiger partial charge in [-0.25, -0.2) is 19.9 Å². The Kier molecular flexibility index (Phi) is 6.74. The van der Waals surface area contributed by atoms with E-state index in [1.165, 1.54) is 12.3 Å². The van der Waals surface area contributed by atoms with Crippen molar-refractivity contribution in [1.29, 1.82) is 0 Å². The van der Waals surface area contributed by atoms with Crippen molar-refractivity contribution in [3.05, 3.63) is 36.3 Å². The summed E-state index contributed by atoms with van der Waals surface area (Å²) in [5.41, 5.74) is 0.267. The number of halogens is 3. The van der Waals surface area contributed by atoms with E-state index in [9.17, 15) is 13.2 Å². The van der Waals surface area contributed by atoms with E-state index in [0.29, 0.717) is 5.82 Å². The maximum atomic E-state index is 13.8. The van der Waals surface area contributed by atoms with E-state index in [0.717, 1.165) is 68.9 Å². The number of anilines is 4. The van der Waals surface area contributed by atoms with Crippen LogP contribution in [0.25, 0.3) is 10.6 Å². The van der Waals surface area contributed by atoms with Gasteiger partial charge in [0, 0.05) is 38.4 Å². The van der Waals surface area contributed by atoms with Crippen LogP contribution >= 0.6 is 11.3 Å². The van der Waals surface area contributed by atoms with Crippen molar-refractivity contribution in [1.82, 2.24) is 24.8 Å². The Morgan fingerprint density at radius 3 is 2.46 bits per heavy atom. The van der Waals surface area contributed by atoms with Crippen molar-refractivity contribution in [2.45, 2.75) is 37.9 Å². The molecule has 3 aromatic heterocycles. The van der Waals surface area contributed by atoms with Crippen molar-refractivity contribution in [3.63, 3.8) is 0 Å². The van der Waals surface area contributed by atoms with Gasteiger partial charge in [-0.3, -0.25) is 0 Å². The third kappa shape index (κ3) is 5.64. The molecule has 12 heteroatoms. The zero-order valence-corrected chi connectivity index (χ0v) is 20.2. The average molecular weight is 505 g/mol. The van der Waals surface area contributed by atoms with Gasteiger partial charge in [0.15, 0.2) is 10.8 Å². The number of thiazole rings is 1. The minimum absolute atomic E-state index is 0.0261. The van der Waals surface area contributed by atoms with Gasteiger partial charge in [-0.2, -0.15) is 13.2 Å². The van der Waals surface area contributed by atoms with Gasteiger partial charge < -0.3 is 20.4 Å². The third-order valence-corrected chi connectivity index (χ3v) is 7.33. The summed E-state index contributed by atoms with van der Waals surface area (Å²) in [7, 11) is 2.10. The standard InChI is InChI=1S/C23H27F3N8S/c1-33-10-12-34(13-11-33)16-6-7-18(28-14-16)31-21-27-9-8-17(30-21)19-20(23(24,25)26)32-22(35-19)29-15-4-2-3-5-15/h6-9,14-15H,2-5,10-13H2,1H3,(H,29,32)(H,27,28,30,31). The van der Waals surface area contributed by atoms with Gasteiger partial charge in [0.2, 0.25) is 5.95 Å². The molecule has 1 aliphatic carbocycles. The number of pyridine rings is 1. The number of likely N-dealkylation sites (N-methyl/N-ethyl adjacent to an activating group) is 1. The maximum Gasteiger partial charge on any atom is 0.434 e. The Bertz CT molecular complexity index is 1140.